The summed E-state index contributed by atoms with van der Waals surface area (Å²) >= 11 is 2.13. The molecule has 25 heavy (non-hydrogen) atoms. The molecule has 1 fully saturated rings. The van der Waals surface area contributed by atoms with E-state index in [1.165, 1.54) is 9.21 Å². The van der Waals surface area contributed by atoms with Crippen molar-refractivity contribution >= 4 is 42.8 Å². The Morgan fingerprint density at radius 1 is 1.36 bits per heavy atom. The highest BCUT2D eigenvalue weighted by molar-refractivity contribution is 14.2. The monoisotopic (exact) mass is 490 g/mol. The Kier molecular flexibility index (Phi) is 17.5. The van der Waals surface area contributed by atoms with Crippen LogP contribution in [-0.2, 0) is 18.5 Å². The van der Waals surface area contributed by atoms with Gasteiger partial charge in [0.2, 0.25) is 5.91 Å². The Morgan fingerprint density at radius 3 is 2.20 bits per heavy atom. The van der Waals surface area contributed by atoms with Crippen LogP contribution in [0.1, 0.15) is 54.4 Å². The van der Waals surface area contributed by atoms with Gasteiger partial charge in [0, 0.05) is 34.3 Å². The fourth-order valence-corrected chi connectivity index (χ4v) is 2.67. The molecule has 1 aliphatic heterocycles. The predicted octanol–water partition coefficient (Wildman–Crippen LogP) is 3.83. The second-order valence-electron chi connectivity index (χ2n) is 6.45. The number of piperidine rings is 1. The minimum Gasteiger partial charge on any atom is -0.462 e. The normalized spacial score (nSPS) is 15.9. The number of carbonyl (C=O) groups is 2. The Morgan fingerprint density at radius 2 is 1.88 bits per heavy atom. The Labute approximate surface area is 169 Å². The van der Waals surface area contributed by atoms with Crippen LogP contribution in [0.4, 0.5) is 0 Å². The average Bonchev–Trinajstić information content (AvgIpc) is 2.60. The van der Waals surface area contributed by atoms with Crippen LogP contribution in [0.2, 0.25) is 0 Å². The fourth-order valence-electron chi connectivity index (χ4n) is 1.98. The molecule has 0 bridgehead atoms. The summed E-state index contributed by atoms with van der Waals surface area (Å²) in [5, 5.41) is 2.99. The molecular weight excluding hydrogens is 455 g/mol. The maximum atomic E-state index is 11.9. The second kappa shape index (κ2) is 16.1. The molecule has 0 aromatic carbocycles. The van der Waals surface area contributed by atoms with Crippen molar-refractivity contribution in [2.45, 2.75) is 66.0 Å². The van der Waals surface area contributed by atoms with Gasteiger partial charge in [-0.2, -0.15) is 0 Å². The highest BCUT2D eigenvalue weighted by atomic mass is 127. The van der Waals surface area contributed by atoms with Gasteiger partial charge < -0.3 is 19.1 Å². The van der Waals surface area contributed by atoms with E-state index in [0.717, 1.165) is 32.5 Å². The predicted molar refractivity (Wildman–Crippen MR) is 114 cm³/mol. The van der Waals surface area contributed by atoms with Crippen molar-refractivity contribution in [3.8, 4) is 0 Å². The molecule has 1 saturated heterocycles. The van der Waals surface area contributed by atoms with Crippen LogP contribution >= 0.6 is 30.4 Å². The summed E-state index contributed by atoms with van der Waals surface area (Å²) in [7, 11) is 3.21. The molecule has 6 nitrogen and oxygen atoms in total. The van der Waals surface area contributed by atoms with Crippen molar-refractivity contribution in [2.75, 3.05) is 26.7 Å². The maximum absolute atomic E-state index is 11.9. The largest absolute Gasteiger partial charge is 0.462 e. The first kappa shape index (κ1) is 27.2. The summed E-state index contributed by atoms with van der Waals surface area (Å²) in [6, 6.07) is -0.0716. The van der Waals surface area contributed by atoms with Crippen molar-refractivity contribution in [1.29, 1.82) is 0 Å². The van der Waals surface area contributed by atoms with Crippen LogP contribution in [0.15, 0.2) is 0 Å². The number of nitrogens with zero attached hydrogens (tertiary/aromatic N) is 1. The van der Waals surface area contributed by atoms with Crippen LogP contribution in [0.3, 0.4) is 0 Å². The van der Waals surface area contributed by atoms with E-state index in [9.17, 15) is 9.59 Å². The molecular formula is C17H35IN2O4S. The first-order valence-electron chi connectivity index (χ1n) is 8.72. The third kappa shape index (κ3) is 14.8. The Bertz CT molecular complexity index is 346. The zero-order valence-corrected chi connectivity index (χ0v) is 19.6. The van der Waals surface area contributed by atoms with Crippen molar-refractivity contribution < 1.29 is 18.5 Å². The minimum absolute atomic E-state index is 0.0716. The van der Waals surface area contributed by atoms with E-state index < -0.39 is 0 Å². The summed E-state index contributed by atoms with van der Waals surface area (Å²) in [5.41, 5.74) is -0.318. The van der Waals surface area contributed by atoms with E-state index in [1.54, 1.807) is 0 Å². The Balaban J connectivity index is 0. The second-order valence-corrected chi connectivity index (χ2v) is 7.89. The third-order valence-corrected chi connectivity index (χ3v) is 4.47. The molecule has 0 saturated carbocycles. The number of amides is 1. The lowest BCUT2D eigenvalue weighted by molar-refractivity contribution is -0.138. The van der Waals surface area contributed by atoms with Crippen LogP contribution in [0.25, 0.3) is 0 Å². The molecule has 0 aromatic rings. The van der Waals surface area contributed by atoms with E-state index in [2.05, 4.69) is 31.3 Å². The molecule has 1 N–H and O–H groups in total. The fraction of sp³-hybridized carbons (Fsp3) is 0.882. The number of hydrogen-bond acceptors (Lipinski definition) is 6. The zero-order chi connectivity index (χ0) is 19.9. The summed E-state index contributed by atoms with van der Waals surface area (Å²) in [6.07, 6.45) is 2.11. The van der Waals surface area contributed by atoms with E-state index in [-0.39, 0.29) is 17.6 Å². The van der Waals surface area contributed by atoms with Gasteiger partial charge in [0.25, 0.3) is 6.47 Å². The molecule has 1 rings (SSSR count). The summed E-state index contributed by atoms with van der Waals surface area (Å²) in [4.78, 5) is 23.4. The summed E-state index contributed by atoms with van der Waals surface area (Å²) in [6.45, 7) is 14.4. The molecule has 0 spiro atoms. The van der Waals surface area contributed by atoms with E-state index in [0.29, 0.717) is 12.4 Å². The molecule has 1 atom stereocenters. The molecule has 1 amide bonds. The van der Waals surface area contributed by atoms with E-state index in [4.69, 9.17) is 4.18 Å². The maximum Gasteiger partial charge on any atom is 0.293 e. The van der Waals surface area contributed by atoms with Gasteiger partial charge in [-0.15, -0.1) is 0 Å². The topological polar surface area (TPSA) is 67.9 Å². The number of nitrogens with one attached hydrogen (secondary N) is 1. The number of halogens is 1. The molecule has 150 valence electrons. The smallest absolute Gasteiger partial charge is 0.293 e. The molecule has 0 aliphatic carbocycles. The molecule has 1 aliphatic rings. The van der Waals surface area contributed by atoms with E-state index >= 15 is 0 Å². The van der Waals surface area contributed by atoms with Gasteiger partial charge in [-0.05, 0) is 53.5 Å². The number of ether oxygens (including phenoxy) is 1. The van der Waals surface area contributed by atoms with Crippen LogP contribution in [0, 0.1) is 5.92 Å². The lowest BCUT2D eigenvalue weighted by Crippen LogP contribution is -2.47. The quantitative estimate of drug-likeness (QED) is 0.347. The summed E-state index contributed by atoms with van der Waals surface area (Å²) in [5.74, 6) is 0.821. The third-order valence-electron chi connectivity index (χ3n) is 3.48. The first-order valence-corrected chi connectivity index (χ1v) is 12.0. The van der Waals surface area contributed by atoms with Gasteiger partial charge in [0.1, 0.15) is 5.60 Å². The summed E-state index contributed by atoms with van der Waals surface area (Å²) < 4.78 is 9.87. The molecule has 1 heterocycles. The van der Waals surface area contributed by atoms with Gasteiger partial charge >= 0.3 is 0 Å². The van der Waals surface area contributed by atoms with Crippen LogP contribution < -0.4 is 5.32 Å². The number of hydrogen-bond donors (Lipinski definition) is 1. The van der Waals surface area contributed by atoms with Crippen molar-refractivity contribution in [3.63, 3.8) is 0 Å². The van der Waals surface area contributed by atoms with Crippen LogP contribution in [-0.4, -0.2) is 55.7 Å². The van der Waals surface area contributed by atoms with Gasteiger partial charge in [-0.3, -0.25) is 9.59 Å². The van der Waals surface area contributed by atoms with E-state index in [1.807, 2.05) is 53.5 Å². The van der Waals surface area contributed by atoms with Crippen molar-refractivity contribution in [3.05, 3.63) is 0 Å². The minimum atomic E-state index is -0.318. The zero-order valence-electron chi connectivity index (χ0n) is 16.6. The molecule has 1 unspecified atom stereocenters. The number of rotatable bonds is 6. The lowest BCUT2D eigenvalue weighted by Gasteiger charge is -2.33. The number of likely N-dealkylation sites (tertiary alicyclic amines) is 1. The van der Waals surface area contributed by atoms with Crippen molar-refractivity contribution in [2.24, 2.45) is 5.92 Å². The standard InChI is InChI=1S/C10H19IN2O2S.C5H10O2.C2H6/c1-8(12-2)10(14)13-5-3-9(4-6-13)7-15-16-11;1-5(2,3)7-4-6;1-2/h8-9,12H,3-7H2,1-2H3;4H,1-3H3;1-2H3. The molecule has 0 radical (unpaired) electrons. The highest BCUT2D eigenvalue weighted by Gasteiger charge is 2.25. The van der Waals surface area contributed by atoms with Gasteiger partial charge in [-0.25, -0.2) is 0 Å². The van der Waals surface area contributed by atoms with Crippen molar-refractivity contribution in [1.82, 2.24) is 10.2 Å². The first-order chi connectivity index (χ1) is 11.7. The highest BCUT2D eigenvalue weighted by Crippen LogP contribution is 2.22. The van der Waals surface area contributed by atoms with Gasteiger partial charge in [-0.1, -0.05) is 13.8 Å². The van der Waals surface area contributed by atoms with Gasteiger partial charge in [0.05, 0.1) is 21.9 Å². The average molecular weight is 490 g/mol. The molecule has 8 heteroatoms. The molecule has 0 aromatic heterocycles. The van der Waals surface area contributed by atoms with Crippen LogP contribution in [0.5, 0.6) is 0 Å². The van der Waals surface area contributed by atoms with Gasteiger partial charge in [0.15, 0.2) is 0 Å². The number of carbonyl (C=O) groups excluding carboxylic acids is 2. The lowest BCUT2D eigenvalue weighted by atomic mass is 9.97. The Hall–Kier alpha value is -0.0600. The number of likely N-dealkylation sites (N-methyl/N-ethyl adjacent to an activating group) is 1. The SMILES string of the molecule is CC.CC(C)(C)OC=O.CNC(C)C(=O)N1CCC(COSI)CC1.